The van der Waals surface area contributed by atoms with Gasteiger partial charge in [0.15, 0.2) is 12.4 Å². The molecule has 0 atom stereocenters. The summed E-state index contributed by atoms with van der Waals surface area (Å²) in [5.41, 5.74) is -0.386. The summed E-state index contributed by atoms with van der Waals surface area (Å²) in [6, 6.07) is 5.06. The average Bonchev–Trinajstić information content (AvgIpc) is 2.77. The molecule has 1 aromatic heterocycles. The maximum atomic E-state index is 12.1. The molecule has 21 heavy (non-hydrogen) atoms. The minimum absolute atomic E-state index is 0.0316. The van der Waals surface area contributed by atoms with Gasteiger partial charge in [-0.15, -0.1) is 0 Å². The van der Waals surface area contributed by atoms with E-state index in [1.54, 1.807) is 11.0 Å². The number of carbonyl (C=O) groups is 1. The molecule has 2 heterocycles. The van der Waals surface area contributed by atoms with E-state index in [0.29, 0.717) is 0 Å². The Hall–Kier alpha value is -2.29. The second kappa shape index (κ2) is 7.48. The Kier molecular flexibility index (Phi) is 5.38. The molecule has 112 valence electrons. The number of carbonyl (C=O) groups excluding carboxylic acids is 1. The minimum atomic E-state index is -0.386. The zero-order valence-corrected chi connectivity index (χ0v) is 12.0. The maximum Gasteiger partial charge on any atom is 0.293 e. The normalized spacial score (nSPS) is 15.1. The Morgan fingerprint density at radius 3 is 2.67 bits per heavy atom. The largest absolute Gasteiger partial charge is 0.478 e. The summed E-state index contributed by atoms with van der Waals surface area (Å²) in [5.74, 6) is 0.0166. The molecule has 0 unspecified atom stereocenters. The lowest BCUT2D eigenvalue weighted by Crippen LogP contribution is -2.36. The van der Waals surface area contributed by atoms with Gasteiger partial charge < -0.3 is 9.64 Å². The van der Waals surface area contributed by atoms with Crippen LogP contribution in [-0.2, 0) is 11.3 Å². The number of rotatable bonds is 4. The summed E-state index contributed by atoms with van der Waals surface area (Å²) in [6.07, 6.45) is 5.87. The molecule has 0 radical (unpaired) electrons. The number of aromatic nitrogens is 1. The average molecular weight is 289 g/mol. The van der Waals surface area contributed by atoms with Crippen molar-refractivity contribution in [3.63, 3.8) is 0 Å². The number of pyridine rings is 1. The summed E-state index contributed by atoms with van der Waals surface area (Å²) < 4.78 is 6.60. The molecule has 0 aliphatic carbocycles. The van der Waals surface area contributed by atoms with Crippen LogP contribution in [0.4, 0.5) is 0 Å². The highest BCUT2D eigenvalue weighted by Crippen LogP contribution is 2.10. The van der Waals surface area contributed by atoms with Gasteiger partial charge in [-0.25, -0.2) is 0 Å². The predicted octanol–water partition coefficient (Wildman–Crippen LogP) is 1.15. The lowest BCUT2D eigenvalue weighted by Gasteiger charge is -2.20. The van der Waals surface area contributed by atoms with Gasteiger partial charge in [0, 0.05) is 19.3 Å². The van der Waals surface area contributed by atoms with Gasteiger partial charge in [-0.05, 0) is 25.0 Å². The fourth-order valence-electron chi connectivity index (χ4n) is 2.38. The van der Waals surface area contributed by atoms with Crippen LogP contribution in [0.15, 0.2) is 23.1 Å². The van der Waals surface area contributed by atoms with Crippen LogP contribution in [0.1, 0.15) is 25.7 Å². The second-order valence-electron chi connectivity index (χ2n) is 5.05. The van der Waals surface area contributed by atoms with Crippen molar-refractivity contribution in [3.8, 4) is 11.8 Å². The van der Waals surface area contributed by atoms with Gasteiger partial charge in [0.1, 0.15) is 6.54 Å². The molecule has 0 aromatic carbocycles. The summed E-state index contributed by atoms with van der Waals surface area (Å²) in [4.78, 5) is 25.8. The molecule has 6 heteroatoms. The van der Waals surface area contributed by atoms with Crippen molar-refractivity contribution in [2.75, 3.05) is 19.7 Å². The third-order valence-corrected chi connectivity index (χ3v) is 3.54. The van der Waals surface area contributed by atoms with Crippen molar-refractivity contribution < 1.29 is 9.53 Å². The van der Waals surface area contributed by atoms with Gasteiger partial charge in [-0.3, -0.25) is 14.2 Å². The topological polar surface area (TPSA) is 75.3 Å². The van der Waals surface area contributed by atoms with Gasteiger partial charge in [0.2, 0.25) is 0 Å². The highest BCUT2D eigenvalue weighted by Gasteiger charge is 2.16. The molecule has 1 saturated heterocycles. The Morgan fingerprint density at radius 1 is 1.29 bits per heavy atom. The van der Waals surface area contributed by atoms with Gasteiger partial charge >= 0.3 is 0 Å². The van der Waals surface area contributed by atoms with Gasteiger partial charge in [-0.2, -0.15) is 5.26 Å². The van der Waals surface area contributed by atoms with Crippen LogP contribution in [0.25, 0.3) is 0 Å². The second-order valence-corrected chi connectivity index (χ2v) is 5.05. The number of amides is 1. The third kappa shape index (κ3) is 4.09. The highest BCUT2D eigenvalue weighted by atomic mass is 16.5. The summed E-state index contributed by atoms with van der Waals surface area (Å²) in [7, 11) is 0. The third-order valence-electron chi connectivity index (χ3n) is 3.54. The number of likely N-dealkylation sites (tertiary alicyclic amines) is 1. The van der Waals surface area contributed by atoms with Gasteiger partial charge in [0.05, 0.1) is 6.07 Å². The summed E-state index contributed by atoms with van der Waals surface area (Å²) in [6.45, 7) is 1.35. The quantitative estimate of drug-likeness (QED) is 0.833. The van der Waals surface area contributed by atoms with E-state index in [1.807, 2.05) is 6.07 Å². The summed E-state index contributed by atoms with van der Waals surface area (Å²) >= 11 is 0. The number of nitrogens with zero attached hydrogens (tertiary/aromatic N) is 3. The molecular formula is C15H19N3O3. The molecule has 0 N–H and O–H groups in total. The molecule has 0 bridgehead atoms. The van der Waals surface area contributed by atoms with E-state index in [0.717, 1.165) is 38.8 Å². The Labute approximate surface area is 123 Å². The Morgan fingerprint density at radius 2 is 2.00 bits per heavy atom. The minimum Gasteiger partial charge on any atom is -0.478 e. The van der Waals surface area contributed by atoms with Crippen molar-refractivity contribution in [1.82, 2.24) is 9.47 Å². The first-order valence-electron chi connectivity index (χ1n) is 7.19. The molecule has 1 aliphatic rings. The van der Waals surface area contributed by atoms with E-state index in [2.05, 4.69) is 0 Å². The first kappa shape index (κ1) is 15.1. The number of ether oxygens (including phenoxy) is 1. The van der Waals surface area contributed by atoms with Crippen LogP contribution in [0.3, 0.4) is 0 Å². The monoisotopic (exact) mass is 289 g/mol. The first-order chi connectivity index (χ1) is 10.2. The molecule has 1 amide bonds. The molecule has 0 saturated carbocycles. The van der Waals surface area contributed by atoms with Crippen molar-refractivity contribution >= 4 is 5.91 Å². The molecule has 1 aliphatic heterocycles. The summed E-state index contributed by atoms with van der Waals surface area (Å²) in [5, 5.41) is 8.64. The first-order valence-corrected chi connectivity index (χ1v) is 7.19. The van der Waals surface area contributed by atoms with E-state index < -0.39 is 0 Å². The van der Waals surface area contributed by atoms with Crippen LogP contribution < -0.4 is 10.3 Å². The molecular weight excluding hydrogens is 270 g/mol. The van der Waals surface area contributed by atoms with E-state index >= 15 is 0 Å². The van der Waals surface area contributed by atoms with Crippen molar-refractivity contribution in [1.29, 1.82) is 5.26 Å². The molecule has 2 rings (SSSR count). The molecule has 6 nitrogen and oxygen atoms in total. The lowest BCUT2D eigenvalue weighted by molar-refractivity contribution is -0.133. The molecule has 0 spiro atoms. The van der Waals surface area contributed by atoms with Crippen LogP contribution in [-0.4, -0.2) is 35.1 Å². The van der Waals surface area contributed by atoms with E-state index in [-0.39, 0.29) is 30.4 Å². The van der Waals surface area contributed by atoms with Crippen molar-refractivity contribution in [2.24, 2.45) is 0 Å². The Balaban J connectivity index is 1.96. The number of hydrogen-bond acceptors (Lipinski definition) is 4. The zero-order valence-electron chi connectivity index (χ0n) is 12.0. The van der Waals surface area contributed by atoms with Crippen LogP contribution in [0.2, 0.25) is 0 Å². The van der Waals surface area contributed by atoms with Crippen molar-refractivity contribution in [3.05, 3.63) is 28.7 Å². The fourth-order valence-corrected chi connectivity index (χ4v) is 2.38. The van der Waals surface area contributed by atoms with E-state index in [9.17, 15) is 9.59 Å². The van der Waals surface area contributed by atoms with Gasteiger partial charge in [0.25, 0.3) is 11.5 Å². The molecule has 1 aromatic rings. The number of nitriles is 1. The predicted molar refractivity (Wildman–Crippen MR) is 76.9 cm³/mol. The standard InChI is InChI=1S/C15H19N3O3/c16-7-11-18-10-5-6-13(15(18)20)21-12-14(19)17-8-3-1-2-4-9-17/h5-6,10H,1-4,8-9,11-12H2. The maximum absolute atomic E-state index is 12.1. The lowest BCUT2D eigenvalue weighted by atomic mass is 10.2. The number of hydrogen-bond donors (Lipinski definition) is 0. The fraction of sp³-hybridized carbons (Fsp3) is 0.533. The zero-order chi connectivity index (χ0) is 15.1. The molecule has 1 fully saturated rings. The SMILES string of the molecule is N#CCn1cccc(OCC(=O)N2CCCCCC2)c1=O. The van der Waals surface area contributed by atoms with Crippen molar-refractivity contribution in [2.45, 2.75) is 32.2 Å². The van der Waals surface area contributed by atoms with Crippen LogP contribution in [0, 0.1) is 11.3 Å². The van der Waals surface area contributed by atoms with E-state index in [1.165, 1.54) is 16.8 Å². The highest BCUT2D eigenvalue weighted by molar-refractivity contribution is 5.77. The Bertz CT molecular complexity index is 581. The van der Waals surface area contributed by atoms with Gasteiger partial charge in [-0.1, -0.05) is 12.8 Å². The van der Waals surface area contributed by atoms with Crippen LogP contribution >= 0.6 is 0 Å². The smallest absolute Gasteiger partial charge is 0.293 e. The van der Waals surface area contributed by atoms with Crippen LogP contribution in [0.5, 0.6) is 5.75 Å². The van der Waals surface area contributed by atoms with E-state index in [4.69, 9.17) is 10.00 Å².